The number of amides is 1. The molecule has 2 aromatic carbocycles. The Balaban J connectivity index is 1.48. The molecular formula is C22H26FN3O3. The van der Waals surface area contributed by atoms with E-state index in [1.807, 2.05) is 17.0 Å². The number of nitrogens with zero attached hydrogens (tertiary/aromatic N) is 2. The highest BCUT2D eigenvalue weighted by Gasteiger charge is 2.22. The zero-order valence-electron chi connectivity index (χ0n) is 16.6. The first-order chi connectivity index (χ1) is 14.1. The molecule has 1 N–H and O–H groups in total. The molecule has 0 saturated carbocycles. The summed E-state index contributed by atoms with van der Waals surface area (Å²) in [6.07, 6.45) is 0.316. The number of nitrogens with one attached hydrogen (secondary N) is 1. The first-order valence-electron chi connectivity index (χ1n) is 9.87. The Hall–Kier alpha value is -3.09. The fourth-order valence-electron chi connectivity index (χ4n) is 3.39. The molecule has 154 valence electrons. The smallest absolute Gasteiger partial charge is 0.340 e. The molecule has 0 bridgehead atoms. The molecule has 29 heavy (non-hydrogen) atoms. The predicted octanol–water partition coefficient (Wildman–Crippen LogP) is 3.15. The van der Waals surface area contributed by atoms with E-state index in [1.54, 1.807) is 42.2 Å². The molecule has 1 aliphatic rings. The molecule has 6 nitrogen and oxygen atoms in total. The molecular weight excluding hydrogens is 373 g/mol. The molecule has 3 rings (SSSR count). The predicted molar refractivity (Wildman–Crippen MR) is 111 cm³/mol. The maximum atomic E-state index is 13.9. The molecule has 1 aliphatic heterocycles. The second kappa shape index (κ2) is 9.91. The molecule has 1 saturated heterocycles. The van der Waals surface area contributed by atoms with Crippen LogP contribution in [0, 0.1) is 5.82 Å². The lowest BCUT2D eigenvalue weighted by atomic mass is 10.1. The minimum atomic E-state index is -0.383. The van der Waals surface area contributed by atoms with Crippen molar-refractivity contribution in [2.45, 2.75) is 13.3 Å². The number of halogens is 1. The van der Waals surface area contributed by atoms with Crippen molar-refractivity contribution in [1.29, 1.82) is 0 Å². The van der Waals surface area contributed by atoms with Crippen LogP contribution < -0.4 is 10.2 Å². The van der Waals surface area contributed by atoms with Crippen LogP contribution in [0.4, 0.5) is 15.8 Å². The van der Waals surface area contributed by atoms with E-state index in [0.717, 1.165) is 0 Å². The van der Waals surface area contributed by atoms with Crippen LogP contribution >= 0.6 is 0 Å². The summed E-state index contributed by atoms with van der Waals surface area (Å²) >= 11 is 0. The third kappa shape index (κ3) is 5.25. The van der Waals surface area contributed by atoms with Crippen molar-refractivity contribution < 1.29 is 18.7 Å². The second-order valence-corrected chi connectivity index (χ2v) is 6.76. The molecule has 0 aromatic heterocycles. The number of anilines is 2. The van der Waals surface area contributed by atoms with Crippen LogP contribution in [0.25, 0.3) is 0 Å². The number of esters is 1. The highest BCUT2D eigenvalue weighted by molar-refractivity contribution is 5.95. The molecule has 1 heterocycles. The highest BCUT2D eigenvalue weighted by Crippen LogP contribution is 2.20. The van der Waals surface area contributed by atoms with Gasteiger partial charge in [0.25, 0.3) is 0 Å². The maximum Gasteiger partial charge on any atom is 0.340 e. The van der Waals surface area contributed by atoms with Gasteiger partial charge in [0.05, 0.1) is 17.9 Å². The van der Waals surface area contributed by atoms with Gasteiger partial charge >= 0.3 is 5.97 Å². The number of hydrogen-bond acceptors (Lipinski definition) is 5. The normalized spacial score (nSPS) is 13.9. The number of carbonyl (C=O) groups is 2. The molecule has 0 unspecified atom stereocenters. The summed E-state index contributed by atoms with van der Waals surface area (Å²) in [5, 5.41) is 3.16. The standard InChI is InChI=1S/C22H26FN3O3/c1-2-29-22(28)17-7-3-5-9-19(17)24-12-11-21(27)26-15-13-25(14-16-26)20-10-6-4-8-18(20)23/h3-10,24H,2,11-16H2,1H3. The average Bonchev–Trinajstić information content (AvgIpc) is 2.75. The highest BCUT2D eigenvalue weighted by atomic mass is 19.1. The van der Waals surface area contributed by atoms with E-state index in [0.29, 0.717) is 62.7 Å². The van der Waals surface area contributed by atoms with Crippen LogP contribution in [0.1, 0.15) is 23.7 Å². The Kier molecular flexibility index (Phi) is 7.05. The molecule has 7 heteroatoms. The number of carbonyl (C=O) groups excluding carboxylic acids is 2. The molecule has 0 spiro atoms. The molecule has 0 aliphatic carbocycles. The lowest BCUT2D eigenvalue weighted by Crippen LogP contribution is -2.49. The van der Waals surface area contributed by atoms with E-state index in [4.69, 9.17) is 4.74 Å². The van der Waals surface area contributed by atoms with Gasteiger partial charge in [-0.2, -0.15) is 0 Å². The Morgan fingerprint density at radius 2 is 1.72 bits per heavy atom. The quantitative estimate of drug-likeness (QED) is 0.725. The molecule has 1 amide bonds. The molecule has 0 radical (unpaired) electrons. The van der Waals surface area contributed by atoms with E-state index < -0.39 is 0 Å². The van der Waals surface area contributed by atoms with Crippen LogP contribution in [-0.4, -0.2) is 56.1 Å². The monoisotopic (exact) mass is 399 g/mol. The van der Waals surface area contributed by atoms with Gasteiger partial charge in [-0.1, -0.05) is 24.3 Å². The van der Waals surface area contributed by atoms with E-state index in [1.165, 1.54) is 6.07 Å². The summed E-state index contributed by atoms with van der Waals surface area (Å²) in [5.74, 6) is -0.581. The van der Waals surface area contributed by atoms with Gasteiger partial charge in [0.1, 0.15) is 5.82 Å². The Morgan fingerprint density at radius 1 is 1.03 bits per heavy atom. The summed E-state index contributed by atoms with van der Waals surface area (Å²) in [7, 11) is 0. The number of benzene rings is 2. The largest absolute Gasteiger partial charge is 0.462 e. The van der Waals surface area contributed by atoms with Gasteiger partial charge in [0.2, 0.25) is 5.91 Å². The summed E-state index contributed by atoms with van der Waals surface area (Å²) in [4.78, 5) is 28.3. The van der Waals surface area contributed by atoms with Gasteiger partial charge in [-0.25, -0.2) is 9.18 Å². The van der Waals surface area contributed by atoms with E-state index in [2.05, 4.69) is 5.32 Å². The van der Waals surface area contributed by atoms with Crippen molar-refractivity contribution in [3.8, 4) is 0 Å². The van der Waals surface area contributed by atoms with Gasteiger partial charge in [-0.3, -0.25) is 4.79 Å². The second-order valence-electron chi connectivity index (χ2n) is 6.76. The zero-order chi connectivity index (χ0) is 20.6. The van der Waals surface area contributed by atoms with Crippen molar-refractivity contribution in [3.05, 3.63) is 59.9 Å². The van der Waals surface area contributed by atoms with Crippen LogP contribution in [0.5, 0.6) is 0 Å². The Morgan fingerprint density at radius 3 is 2.45 bits per heavy atom. The summed E-state index contributed by atoms with van der Waals surface area (Å²) < 4.78 is 19.0. The van der Waals surface area contributed by atoms with Crippen LogP contribution in [0.15, 0.2) is 48.5 Å². The Labute approximate surface area is 170 Å². The minimum absolute atomic E-state index is 0.0410. The summed E-state index contributed by atoms with van der Waals surface area (Å²) in [6.45, 7) is 4.82. The Bertz CT molecular complexity index is 851. The van der Waals surface area contributed by atoms with E-state index >= 15 is 0 Å². The fraction of sp³-hybridized carbons (Fsp3) is 0.364. The van der Waals surface area contributed by atoms with Crippen molar-refractivity contribution in [2.75, 3.05) is 49.5 Å². The minimum Gasteiger partial charge on any atom is -0.462 e. The zero-order valence-corrected chi connectivity index (χ0v) is 16.6. The van der Waals surface area contributed by atoms with Crippen molar-refractivity contribution in [2.24, 2.45) is 0 Å². The number of para-hydroxylation sites is 2. The van der Waals surface area contributed by atoms with E-state index in [-0.39, 0.29) is 17.7 Å². The third-order valence-corrected chi connectivity index (χ3v) is 4.90. The van der Waals surface area contributed by atoms with Crippen LogP contribution in [0.2, 0.25) is 0 Å². The van der Waals surface area contributed by atoms with Gasteiger partial charge in [-0.05, 0) is 31.2 Å². The van der Waals surface area contributed by atoms with Crippen molar-refractivity contribution in [1.82, 2.24) is 4.90 Å². The maximum absolute atomic E-state index is 13.9. The van der Waals surface area contributed by atoms with Gasteiger partial charge < -0.3 is 19.9 Å². The van der Waals surface area contributed by atoms with Crippen LogP contribution in [0.3, 0.4) is 0 Å². The fourth-order valence-corrected chi connectivity index (χ4v) is 3.39. The SMILES string of the molecule is CCOC(=O)c1ccccc1NCCC(=O)N1CCN(c2ccccc2F)CC1. The van der Waals surface area contributed by atoms with E-state index in [9.17, 15) is 14.0 Å². The number of rotatable bonds is 7. The van der Waals surface area contributed by atoms with Crippen molar-refractivity contribution >= 4 is 23.3 Å². The average molecular weight is 399 g/mol. The summed E-state index contributed by atoms with van der Waals surface area (Å²) in [5.41, 5.74) is 1.69. The van der Waals surface area contributed by atoms with Crippen LogP contribution in [-0.2, 0) is 9.53 Å². The third-order valence-electron chi connectivity index (χ3n) is 4.90. The first kappa shape index (κ1) is 20.6. The first-order valence-corrected chi connectivity index (χ1v) is 9.87. The molecule has 2 aromatic rings. The van der Waals surface area contributed by atoms with Gasteiger partial charge in [0.15, 0.2) is 0 Å². The number of hydrogen-bond donors (Lipinski definition) is 1. The summed E-state index contributed by atoms with van der Waals surface area (Å²) in [6, 6.07) is 13.8. The van der Waals surface area contributed by atoms with Gasteiger partial charge in [-0.15, -0.1) is 0 Å². The lowest BCUT2D eigenvalue weighted by Gasteiger charge is -2.36. The topological polar surface area (TPSA) is 61.9 Å². The lowest BCUT2D eigenvalue weighted by molar-refractivity contribution is -0.131. The molecule has 1 fully saturated rings. The van der Waals surface area contributed by atoms with Crippen molar-refractivity contribution in [3.63, 3.8) is 0 Å². The molecule has 0 atom stereocenters. The number of piperazine rings is 1. The van der Waals surface area contributed by atoms with Gasteiger partial charge in [0, 0.05) is 44.8 Å². The number of ether oxygens (including phenoxy) is 1.